The molecule has 12 heteroatoms. The molecule has 1 saturated heterocycles. The summed E-state index contributed by atoms with van der Waals surface area (Å²) in [4.78, 5) is 49.8. The molecule has 1 atom stereocenters. The van der Waals surface area contributed by atoms with Crippen LogP contribution in [0.15, 0.2) is 30.3 Å². The zero-order valence-electron chi connectivity index (χ0n) is 31.6. The molecule has 4 heterocycles. The second kappa shape index (κ2) is 15.3. The maximum atomic E-state index is 13.2. The lowest BCUT2D eigenvalue weighted by atomic mass is 10.1. The highest BCUT2D eigenvalue weighted by atomic mass is 16.6. The number of benzene rings is 1. The smallest absolute Gasteiger partial charge is 0.410 e. The first-order valence-corrected chi connectivity index (χ1v) is 17.9. The summed E-state index contributed by atoms with van der Waals surface area (Å²) in [6, 6.07) is 9.39. The SMILES string of the molecule is COC(=O)c1cc(OC)c2c(c1)nc(-c1cc3ccc([C@H]4CCCN4C(=O)OC(C)(C)C)nc3n1CCCCCCCC(=O)OC(C)(C)C)n2C. The van der Waals surface area contributed by atoms with E-state index in [4.69, 9.17) is 28.9 Å². The van der Waals surface area contributed by atoms with Crippen LogP contribution in [0.4, 0.5) is 4.79 Å². The first-order chi connectivity index (χ1) is 24.1. The van der Waals surface area contributed by atoms with Crippen LogP contribution in [0.5, 0.6) is 5.75 Å². The van der Waals surface area contributed by atoms with Crippen LogP contribution in [0.3, 0.4) is 0 Å². The van der Waals surface area contributed by atoms with Gasteiger partial charge < -0.3 is 28.1 Å². The van der Waals surface area contributed by atoms with Gasteiger partial charge in [-0.05, 0) is 97.6 Å². The molecule has 5 rings (SSSR count). The molecule has 12 nitrogen and oxygen atoms in total. The number of rotatable bonds is 12. The van der Waals surface area contributed by atoms with Crippen molar-refractivity contribution in [2.45, 2.75) is 117 Å². The van der Waals surface area contributed by atoms with Gasteiger partial charge in [0.15, 0.2) is 5.82 Å². The standard InChI is InChI=1S/C39H53N5O7/c1-38(2,3)50-32(45)17-13-11-10-12-14-20-43-30(35-41-28-22-26(36(46)49-9)24-31(48-8)33(28)42(35)7)23-25-18-19-27(40-34(25)43)29-16-15-21-44(29)37(47)51-39(4,5)6/h18-19,22-24,29H,10-17,20-21H2,1-9H3/t29-/m1/s1. The average Bonchev–Trinajstić information content (AvgIpc) is 3.77. The van der Waals surface area contributed by atoms with Crippen LogP contribution >= 0.6 is 0 Å². The van der Waals surface area contributed by atoms with Gasteiger partial charge >= 0.3 is 18.0 Å². The predicted octanol–water partition coefficient (Wildman–Crippen LogP) is 8.14. The largest absolute Gasteiger partial charge is 0.494 e. The predicted molar refractivity (Wildman–Crippen MR) is 196 cm³/mol. The van der Waals surface area contributed by atoms with E-state index in [1.54, 1.807) is 24.1 Å². The quantitative estimate of drug-likeness (QED) is 0.0816. The van der Waals surface area contributed by atoms with Crippen LogP contribution in [0.1, 0.15) is 115 Å². The molecule has 0 radical (unpaired) electrons. The number of unbranched alkanes of at least 4 members (excludes halogenated alkanes) is 4. The number of aromatic nitrogens is 4. The zero-order chi connectivity index (χ0) is 37.1. The fraction of sp³-hybridized carbons (Fsp3) is 0.564. The lowest BCUT2D eigenvalue weighted by Gasteiger charge is -2.28. The van der Waals surface area contributed by atoms with Gasteiger partial charge in [0, 0.05) is 31.9 Å². The van der Waals surface area contributed by atoms with Gasteiger partial charge in [-0.2, -0.15) is 0 Å². The van der Waals surface area contributed by atoms with E-state index in [9.17, 15) is 14.4 Å². The molecule has 0 saturated carbocycles. The number of carbonyl (C=O) groups excluding carboxylic acids is 3. The maximum absolute atomic E-state index is 13.2. The van der Waals surface area contributed by atoms with Gasteiger partial charge in [0.05, 0.1) is 42.7 Å². The van der Waals surface area contributed by atoms with Crippen LogP contribution in [-0.2, 0) is 32.6 Å². The Labute approximate surface area is 300 Å². The lowest BCUT2D eigenvalue weighted by Crippen LogP contribution is -2.36. The van der Waals surface area contributed by atoms with Gasteiger partial charge in [-0.3, -0.25) is 9.69 Å². The Bertz CT molecular complexity index is 1900. The fourth-order valence-electron chi connectivity index (χ4n) is 6.75. The van der Waals surface area contributed by atoms with E-state index >= 15 is 0 Å². The number of nitrogens with zero attached hydrogens (tertiary/aromatic N) is 5. The molecule has 51 heavy (non-hydrogen) atoms. The topological polar surface area (TPSA) is 127 Å². The van der Waals surface area contributed by atoms with Crippen molar-refractivity contribution in [1.82, 2.24) is 24.0 Å². The van der Waals surface area contributed by atoms with Crippen molar-refractivity contribution in [3.05, 3.63) is 41.6 Å². The summed E-state index contributed by atoms with van der Waals surface area (Å²) >= 11 is 0. The summed E-state index contributed by atoms with van der Waals surface area (Å²) in [5.74, 6) is 0.607. The summed E-state index contributed by atoms with van der Waals surface area (Å²) in [5.41, 5.74) is 3.20. The average molecular weight is 704 g/mol. The Balaban J connectivity index is 1.46. The molecule has 1 fully saturated rings. The number of aryl methyl sites for hydroxylation is 2. The van der Waals surface area contributed by atoms with Gasteiger partial charge in [-0.25, -0.2) is 19.6 Å². The minimum Gasteiger partial charge on any atom is -0.494 e. The number of likely N-dealkylation sites (tertiary alicyclic amines) is 1. The van der Waals surface area contributed by atoms with Crippen molar-refractivity contribution in [2.75, 3.05) is 20.8 Å². The second-order valence-corrected chi connectivity index (χ2v) is 15.3. The number of carbonyl (C=O) groups is 3. The molecule has 4 aromatic rings. The molecule has 0 unspecified atom stereocenters. The normalized spacial score (nSPS) is 15.1. The molecule has 0 spiro atoms. The van der Waals surface area contributed by atoms with Gasteiger partial charge in [0.25, 0.3) is 0 Å². The molecule has 276 valence electrons. The Kier molecular flexibility index (Phi) is 11.3. The van der Waals surface area contributed by atoms with Crippen molar-refractivity contribution >= 4 is 40.1 Å². The van der Waals surface area contributed by atoms with Crippen LogP contribution in [-0.4, -0.2) is 74.0 Å². The molecule has 1 aliphatic heterocycles. The molecule has 0 bridgehead atoms. The molecular formula is C39H53N5O7. The number of ether oxygens (including phenoxy) is 4. The number of hydrogen-bond acceptors (Lipinski definition) is 9. The van der Waals surface area contributed by atoms with E-state index in [-0.39, 0.29) is 18.1 Å². The van der Waals surface area contributed by atoms with Gasteiger partial charge in [-0.1, -0.05) is 19.3 Å². The van der Waals surface area contributed by atoms with Crippen molar-refractivity contribution in [3.63, 3.8) is 0 Å². The second-order valence-electron chi connectivity index (χ2n) is 15.3. The minimum absolute atomic E-state index is 0.155. The number of hydrogen-bond donors (Lipinski definition) is 0. The Morgan fingerprint density at radius 2 is 1.59 bits per heavy atom. The summed E-state index contributed by atoms with van der Waals surface area (Å²) in [5, 5.41) is 0.960. The van der Waals surface area contributed by atoms with E-state index in [2.05, 4.69) is 16.7 Å². The van der Waals surface area contributed by atoms with Crippen LogP contribution in [0.25, 0.3) is 33.6 Å². The molecule has 1 aromatic carbocycles. The van der Waals surface area contributed by atoms with E-state index in [0.717, 1.165) is 72.9 Å². The lowest BCUT2D eigenvalue weighted by molar-refractivity contribution is -0.154. The third-order valence-corrected chi connectivity index (χ3v) is 8.97. The third kappa shape index (κ3) is 8.83. The highest BCUT2D eigenvalue weighted by Crippen LogP contribution is 2.37. The Morgan fingerprint density at radius 1 is 0.882 bits per heavy atom. The fourth-order valence-corrected chi connectivity index (χ4v) is 6.75. The molecule has 0 N–H and O–H groups in total. The van der Waals surface area contributed by atoms with Crippen LogP contribution in [0, 0.1) is 0 Å². The minimum atomic E-state index is -0.590. The Hall–Kier alpha value is -4.61. The molecule has 1 amide bonds. The number of fused-ring (bicyclic) bond motifs is 2. The first kappa shape index (κ1) is 37.6. The number of esters is 2. The molecule has 0 aliphatic carbocycles. The summed E-state index contributed by atoms with van der Waals surface area (Å²) in [6.45, 7) is 12.6. The zero-order valence-corrected chi connectivity index (χ0v) is 31.6. The number of pyridine rings is 1. The van der Waals surface area contributed by atoms with Crippen molar-refractivity contribution in [1.29, 1.82) is 0 Å². The van der Waals surface area contributed by atoms with Crippen LogP contribution in [0.2, 0.25) is 0 Å². The van der Waals surface area contributed by atoms with Crippen molar-refractivity contribution < 1.29 is 33.3 Å². The number of methoxy groups -OCH3 is 2. The van der Waals surface area contributed by atoms with Gasteiger partial charge in [0.1, 0.15) is 28.1 Å². The maximum Gasteiger partial charge on any atom is 0.410 e. The summed E-state index contributed by atoms with van der Waals surface area (Å²) in [6.07, 6.45) is 6.37. The van der Waals surface area contributed by atoms with E-state index in [1.165, 1.54) is 7.11 Å². The van der Waals surface area contributed by atoms with Crippen molar-refractivity contribution in [3.8, 4) is 17.3 Å². The van der Waals surface area contributed by atoms with Crippen molar-refractivity contribution in [2.24, 2.45) is 7.05 Å². The summed E-state index contributed by atoms with van der Waals surface area (Å²) in [7, 11) is 4.86. The van der Waals surface area contributed by atoms with E-state index < -0.39 is 17.2 Å². The van der Waals surface area contributed by atoms with Gasteiger partial charge in [-0.15, -0.1) is 0 Å². The Morgan fingerprint density at radius 3 is 2.27 bits per heavy atom. The van der Waals surface area contributed by atoms with Crippen LogP contribution < -0.4 is 4.74 Å². The monoisotopic (exact) mass is 703 g/mol. The highest BCUT2D eigenvalue weighted by Gasteiger charge is 2.34. The first-order valence-electron chi connectivity index (χ1n) is 17.9. The third-order valence-electron chi connectivity index (χ3n) is 8.97. The molecular weight excluding hydrogens is 650 g/mol. The van der Waals surface area contributed by atoms with E-state index in [0.29, 0.717) is 42.2 Å². The molecule has 3 aromatic heterocycles. The number of imidazole rings is 1. The van der Waals surface area contributed by atoms with E-state index in [1.807, 2.05) is 59.2 Å². The highest BCUT2D eigenvalue weighted by molar-refractivity contribution is 5.97. The van der Waals surface area contributed by atoms with Gasteiger partial charge in [0.2, 0.25) is 0 Å². The molecule has 1 aliphatic rings. The number of amides is 1. The summed E-state index contributed by atoms with van der Waals surface area (Å²) < 4.78 is 26.1.